The van der Waals surface area contributed by atoms with Crippen molar-refractivity contribution < 1.29 is 5.11 Å². The molecule has 0 spiro atoms. The molecule has 0 aliphatic rings. The molecule has 0 aliphatic heterocycles. The van der Waals surface area contributed by atoms with Crippen molar-refractivity contribution in [2.45, 2.75) is 19.4 Å². The highest BCUT2D eigenvalue weighted by Gasteiger charge is 2.00. The third-order valence-electron chi connectivity index (χ3n) is 2.15. The van der Waals surface area contributed by atoms with Crippen LogP contribution in [0.1, 0.15) is 12.5 Å². The summed E-state index contributed by atoms with van der Waals surface area (Å²) >= 11 is 0. The first kappa shape index (κ1) is 8.32. The predicted molar refractivity (Wildman–Crippen MR) is 53.7 cm³/mol. The smallest absolute Gasteiger partial charge is 0.0552 e. The van der Waals surface area contributed by atoms with E-state index in [1.165, 1.54) is 10.9 Å². The fourth-order valence-corrected chi connectivity index (χ4v) is 1.56. The van der Waals surface area contributed by atoms with Crippen LogP contribution >= 0.6 is 0 Å². The van der Waals surface area contributed by atoms with Gasteiger partial charge >= 0.3 is 0 Å². The van der Waals surface area contributed by atoms with E-state index in [0.29, 0.717) is 0 Å². The van der Waals surface area contributed by atoms with Crippen molar-refractivity contribution in [3.05, 3.63) is 36.0 Å². The van der Waals surface area contributed by atoms with Crippen molar-refractivity contribution >= 4 is 10.9 Å². The van der Waals surface area contributed by atoms with Crippen LogP contribution in [-0.4, -0.2) is 16.2 Å². The molecule has 2 heteroatoms. The van der Waals surface area contributed by atoms with Gasteiger partial charge in [-0.2, -0.15) is 0 Å². The summed E-state index contributed by atoms with van der Waals surface area (Å²) in [5.74, 6) is 0. The van der Waals surface area contributed by atoms with Crippen molar-refractivity contribution in [3.8, 4) is 0 Å². The highest BCUT2D eigenvalue weighted by Crippen LogP contribution is 2.15. The Labute approximate surface area is 77.2 Å². The van der Waals surface area contributed by atoms with E-state index in [1.54, 1.807) is 6.92 Å². The van der Waals surface area contributed by atoms with E-state index < -0.39 is 0 Å². The van der Waals surface area contributed by atoms with Gasteiger partial charge < -0.3 is 10.1 Å². The van der Waals surface area contributed by atoms with Gasteiger partial charge in [0.1, 0.15) is 0 Å². The van der Waals surface area contributed by atoms with E-state index in [4.69, 9.17) is 0 Å². The maximum absolute atomic E-state index is 9.22. The van der Waals surface area contributed by atoms with Crippen LogP contribution in [0.15, 0.2) is 30.5 Å². The summed E-state index contributed by atoms with van der Waals surface area (Å²) in [6.45, 7) is 1.80. The second kappa shape index (κ2) is 3.23. The number of aromatic amines is 1. The zero-order valence-corrected chi connectivity index (χ0v) is 7.62. The van der Waals surface area contributed by atoms with Gasteiger partial charge in [0.2, 0.25) is 0 Å². The van der Waals surface area contributed by atoms with Crippen LogP contribution in [-0.2, 0) is 6.42 Å². The summed E-state index contributed by atoms with van der Waals surface area (Å²) in [6, 6.07) is 8.26. The third-order valence-corrected chi connectivity index (χ3v) is 2.15. The molecule has 2 N–H and O–H groups in total. The molecule has 1 atom stereocenters. The molecular weight excluding hydrogens is 162 g/mol. The number of benzene rings is 1. The Balaban J connectivity index is 2.37. The first-order chi connectivity index (χ1) is 6.25. The second-order valence-corrected chi connectivity index (χ2v) is 3.45. The number of H-pyrrole nitrogens is 1. The molecule has 0 amide bonds. The minimum absolute atomic E-state index is 0.271. The van der Waals surface area contributed by atoms with E-state index in [1.807, 2.05) is 12.3 Å². The number of aliphatic hydroxyl groups excluding tert-OH is 1. The molecule has 68 valence electrons. The Morgan fingerprint density at radius 3 is 3.00 bits per heavy atom. The maximum atomic E-state index is 9.22. The molecule has 1 heterocycles. The molecule has 0 aliphatic carbocycles. The SMILES string of the molecule is CC(O)Cc1ccc2cc[nH]c2c1. The van der Waals surface area contributed by atoms with Gasteiger partial charge in [0.15, 0.2) is 0 Å². The lowest BCUT2D eigenvalue weighted by atomic mass is 10.1. The molecule has 1 unspecified atom stereocenters. The van der Waals surface area contributed by atoms with Crippen LogP contribution in [0.4, 0.5) is 0 Å². The highest BCUT2D eigenvalue weighted by molar-refractivity contribution is 5.79. The lowest BCUT2D eigenvalue weighted by Crippen LogP contribution is -2.03. The fraction of sp³-hybridized carbons (Fsp3) is 0.273. The molecule has 0 saturated heterocycles. The molecule has 1 aromatic carbocycles. The molecule has 2 aromatic rings. The highest BCUT2D eigenvalue weighted by atomic mass is 16.3. The molecule has 2 rings (SSSR count). The standard InChI is InChI=1S/C11H13NO/c1-8(13)6-9-2-3-10-4-5-12-11(10)7-9/h2-5,7-8,12-13H,6H2,1H3. The first-order valence-corrected chi connectivity index (χ1v) is 4.50. The Morgan fingerprint density at radius 2 is 2.23 bits per heavy atom. The quantitative estimate of drug-likeness (QED) is 0.720. The van der Waals surface area contributed by atoms with Gasteiger partial charge in [-0.3, -0.25) is 0 Å². The predicted octanol–water partition coefficient (Wildman–Crippen LogP) is 2.09. The lowest BCUT2D eigenvalue weighted by molar-refractivity contribution is 0.195. The lowest BCUT2D eigenvalue weighted by Gasteiger charge is -2.03. The summed E-state index contributed by atoms with van der Waals surface area (Å²) in [4.78, 5) is 3.15. The average molecular weight is 175 g/mol. The van der Waals surface area contributed by atoms with Crippen LogP contribution in [0.2, 0.25) is 0 Å². The summed E-state index contributed by atoms with van der Waals surface area (Å²) in [5, 5.41) is 10.4. The Bertz CT molecular complexity index is 403. The van der Waals surface area contributed by atoms with Crippen LogP contribution < -0.4 is 0 Å². The topological polar surface area (TPSA) is 36.0 Å². The number of hydrogen-bond donors (Lipinski definition) is 2. The van der Waals surface area contributed by atoms with E-state index in [9.17, 15) is 5.11 Å². The van der Waals surface area contributed by atoms with Gasteiger partial charge in [0.05, 0.1) is 6.10 Å². The minimum atomic E-state index is -0.271. The molecule has 0 saturated carbocycles. The summed E-state index contributed by atoms with van der Waals surface area (Å²) in [7, 11) is 0. The largest absolute Gasteiger partial charge is 0.393 e. The Hall–Kier alpha value is -1.28. The summed E-state index contributed by atoms with van der Waals surface area (Å²) < 4.78 is 0. The summed E-state index contributed by atoms with van der Waals surface area (Å²) in [6.07, 6.45) is 2.37. The number of fused-ring (bicyclic) bond motifs is 1. The number of rotatable bonds is 2. The van der Waals surface area contributed by atoms with Crippen molar-refractivity contribution in [2.75, 3.05) is 0 Å². The third kappa shape index (κ3) is 1.73. The normalized spacial score (nSPS) is 13.4. The Kier molecular flexibility index (Phi) is 2.07. The van der Waals surface area contributed by atoms with E-state index in [2.05, 4.69) is 23.2 Å². The number of hydrogen-bond acceptors (Lipinski definition) is 1. The average Bonchev–Trinajstić information content (AvgIpc) is 2.49. The van der Waals surface area contributed by atoms with Crippen LogP contribution in [0.3, 0.4) is 0 Å². The van der Waals surface area contributed by atoms with Gasteiger partial charge in [-0.1, -0.05) is 12.1 Å². The van der Waals surface area contributed by atoms with Gasteiger partial charge in [-0.15, -0.1) is 0 Å². The fourth-order valence-electron chi connectivity index (χ4n) is 1.56. The first-order valence-electron chi connectivity index (χ1n) is 4.50. The molecule has 0 radical (unpaired) electrons. The van der Waals surface area contributed by atoms with Gasteiger partial charge in [-0.05, 0) is 36.4 Å². The van der Waals surface area contributed by atoms with E-state index >= 15 is 0 Å². The monoisotopic (exact) mass is 175 g/mol. The van der Waals surface area contributed by atoms with E-state index in [-0.39, 0.29) is 6.10 Å². The zero-order chi connectivity index (χ0) is 9.26. The molecule has 0 bridgehead atoms. The van der Waals surface area contributed by atoms with Gasteiger partial charge in [0.25, 0.3) is 0 Å². The number of nitrogens with one attached hydrogen (secondary N) is 1. The maximum Gasteiger partial charge on any atom is 0.0552 e. The molecule has 13 heavy (non-hydrogen) atoms. The van der Waals surface area contributed by atoms with E-state index in [0.717, 1.165) is 11.9 Å². The molecular formula is C11H13NO. The van der Waals surface area contributed by atoms with Gasteiger partial charge in [0, 0.05) is 11.7 Å². The van der Waals surface area contributed by atoms with Crippen LogP contribution in [0.25, 0.3) is 10.9 Å². The number of aromatic nitrogens is 1. The van der Waals surface area contributed by atoms with Crippen LogP contribution in [0, 0.1) is 0 Å². The molecule has 0 fully saturated rings. The van der Waals surface area contributed by atoms with Crippen molar-refractivity contribution in [1.29, 1.82) is 0 Å². The minimum Gasteiger partial charge on any atom is -0.393 e. The van der Waals surface area contributed by atoms with Crippen LogP contribution in [0.5, 0.6) is 0 Å². The van der Waals surface area contributed by atoms with Crippen molar-refractivity contribution in [3.63, 3.8) is 0 Å². The number of aliphatic hydroxyl groups is 1. The summed E-state index contributed by atoms with van der Waals surface area (Å²) in [5.41, 5.74) is 2.31. The van der Waals surface area contributed by atoms with Crippen molar-refractivity contribution in [2.24, 2.45) is 0 Å². The Morgan fingerprint density at radius 1 is 1.38 bits per heavy atom. The van der Waals surface area contributed by atoms with Crippen molar-refractivity contribution in [1.82, 2.24) is 4.98 Å². The molecule has 2 nitrogen and oxygen atoms in total. The zero-order valence-electron chi connectivity index (χ0n) is 7.62. The van der Waals surface area contributed by atoms with Gasteiger partial charge in [-0.25, -0.2) is 0 Å². The second-order valence-electron chi connectivity index (χ2n) is 3.45. The molecule has 1 aromatic heterocycles.